The zero-order valence-electron chi connectivity index (χ0n) is 8.25. The lowest BCUT2D eigenvalue weighted by Gasteiger charge is -2.22. The molecule has 1 aliphatic rings. The van der Waals surface area contributed by atoms with Gasteiger partial charge in [-0.05, 0) is 18.1 Å². The fourth-order valence-corrected chi connectivity index (χ4v) is 1.06. The lowest BCUT2D eigenvalue weighted by molar-refractivity contribution is -0.864. The van der Waals surface area contributed by atoms with Crippen LogP contribution in [-0.2, 0) is 0 Å². The zero-order chi connectivity index (χ0) is 9.03. The van der Waals surface area contributed by atoms with Crippen LogP contribution in [0.5, 0.6) is 0 Å². The predicted molar refractivity (Wildman–Crippen MR) is 53.9 cm³/mol. The van der Waals surface area contributed by atoms with Crippen molar-refractivity contribution < 1.29 is 4.48 Å². The van der Waals surface area contributed by atoms with Gasteiger partial charge in [-0.2, -0.15) is 0 Å². The molecule has 0 atom stereocenters. The van der Waals surface area contributed by atoms with Gasteiger partial charge < -0.3 is 4.48 Å². The minimum Gasteiger partial charge on any atom is -0.328 e. The first-order valence-electron chi connectivity index (χ1n) is 4.42. The van der Waals surface area contributed by atoms with Crippen LogP contribution in [0.15, 0.2) is 36.0 Å². The molecule has 1 nitrogen and oxygen atoms in total. The molecule has 12 heavy (non-hydrogen) atoms. The van der Waals surface area contributed by atoms with E-state index >= 15 is 0 Å². The van der Waals surface area contributed by atoms with Gasteiger partial charge in [0.25, 0.3) is 0 Å². The number of hydrogen-bond donors (Lipinski definition) is 0. The van der Waals surface area contributed by atoms with E-state index in [9.17, 15) is 0 Å². The largest absolute Gasteiger partial charge is 0.328 e. The van der Waals surface area contributed by atoms with Crippen LogP contribution in [-0.4, -0.2) is 32.2 Å². The second-order valence-corrected chi connectivity index (χ2v) is 4.22. The molecule has 1 aliphatic carbocycles. The summed E-state index contributed by atoms with van der Waals surface area (Å²) in [5.74, 6) is 0. The van der Waals surface area contributed by atoms with Crippen LogP contribution < -0.4 is 0 Å². The van der Waals surface area contributed by atoms with Crippen LogP contribution in [0.4, 0.5) is 0 Å². The highest BCUT2D eigenvalue weighted by atomic mass is 15.3. The smallest absolute Gasteiger partial charge is 0.0976 e. The molecule has 0 aromatic heterocycles. The highest BCUT2D eigenvalue weighted by molar-refractivity contribution is 5.34. The van der Waals surface area contributed by atoms with E-state index in [1.54, 1.807) is 0 Å². The molecule has 1 heteroatoms. The first-order chi connectivity index (χ1) is 5.58. The van der Waals surface area contributed by atoms with E-state index in [2.05, 4.69) is 51.5 Å². The van der Waals surface area contributed by atoms with E-state index in [1.807, 2.05) is 0 Å². The van der Waals surface area contributed by atoms with Crippen molar-refractivity contribution in [2.24, 2.45) is 0 Å². The van der Waals surface area contributed by atoms with E-state index in [4.69, 9.17) is 0 Å². The van der Waals surface area contributed by atoms with Gasteiger partial charge >= 0.3 is 0 Å². The molecule has 0 saturated carbocycles. The third kappa shape index (κ3) is 3.54. The van der Waals surface area contributed by atoms with Crippen molar-refractivity contribution in [2.45, 2.75) is 6.42 Å². The summed E-state index contributed by atoms with van der Waals surface area (Å²) < 4.78 is 0.991. The molecule has 0 bridgehead atoms. The second kappa shape index (κ2) is 3.72. The van der Waals surface area contributed by atoms with Crippen molar-refractivity contribution in [3.05, 3.63) is 36.0 Å². The minimum atomic E-state index is 0.991. The van der Waals surface area contributed by atoms with Crippen LogP contribution >= 0.6 is 0 Å². The van der Waals surface area contributed by atoms with E-state index in [0.29, 0.717) is 0 Å². The number of quaternary nitrogens is 1. The predicted octanol–water partition coefficient (Wildman–Crippen LogP) is 2.14. The lowest BCUT2D eigenvalue weighted by atomic mass is 10.1. The molecule has 0 unspecified atom stereocenters. The van der Waals surface area contributed by atoms with Gasteiger partial charge in [0.05, 0.1) is 27.7 Å². The van der Waals surface area contributed by atoms with Crippen LogP contribution in [0.3, 0.4) is 0 Å². The van der Waals surface area contributed by atoms with Crippen molar-refractivity contribution in [1.82, 2.24) is 0 Å². The molecule has 0 radical (unpaired) electrons. The Bertz CT molecular complexity index is 212. The number of rotatable bonds is 2. The third-order valence-electron chi connectivity index (χ3n) is 1.77. The van der Waals surface area contributed by atoms with Crippen LogP contribution in [0.2, 0.25) is 0 Å². The summed E-state index contributed by atoms with van der Waals surface area (Å²) in [5, 5.41) is 0. The zero-order valence-corrected chi connectivity index (χ0v) is 8.25. The molecule has 0 N–H and O–H groups in total. The molecule has 0 aromatic carbocycles. The van der Waals surface area contributed by atoms with Gasteiger partial charge in [0.2, 0.25) is 0 Å². The van der Waals surface area contributed by atoms with Gasteiger partial charge in [-0.1, -0.05) is 24.3 Å². The Morgan fingerprint density at radius 1 is 1.25 bits per heavy atom. The summed E-state index contributed by atoms with van der Waals surface area (Å²) in [4.78, 5) is 0. The molecule has 0 spiro atoms. The van der Waals surface area contributed by atoms with E-state index in [0.717, 1.165) is 17.4 Å². The average molecular weight is 164 g/mol. The first-order valence-corrected chi connectivity index (χ1v) is 4.42. The normalized spacial score (nSPS) is 16.8. The fourth-order valence-electron chi connectivity index (χ4n) is 1.06. The van der Waals surface area contributed by atoms with Crippen LogP contribution in [0.25, 0.3) is 0 Å². The molecule has 1 rings (SSSR count). The van der Waals surface area contributed by atoms with Crippen molar-refractivity contribution >= 4 is 0 Å². The van der Waals surface area contributed by atoms with E-state index in [-0.39, 0.29) is 0 Å². The molecule has 0 amide bonds. The molecular weight excluding hydrogens is 146 g/mol. The summed E-state index contributed by atoms with van der Waals surface area (Å²) >= 11 is 0. The van der Waals surface area contributed by atoms with Gasteiger partial charge in [-0.15, -0.1) is 0 Å². The lowest BCUT2D eigenvalue weighted by Crippen LogP contribution is -2.34. The Labute approximate surface area is 75.3 Å². The quantitative estimate of drug-likeness (QED) is 0.548. The van der Waals surface area contributed by atoms with Crippen molar-refractivity contribution in [3.63, 3.8) is 0 Å². The summed E-state index contributed by atoms with van der Waals surface area (Å²) in [6, 6.07) is 0. The molecule has 0 saturated heterocycles. The molecular formula is C11H18N+. The van der Waals surface area contributed by atoms with Gasteiger partial charge in [-0.3, -0.25) is 0 Å². The maximum Gasteiger partial charge on any atom is 0.0976 e. The summed E-state index contributed by atoms with van der Waals surface area (Å²) in [7, 11) is 6.61. The molecule has 0 fully saturated rings. The standard InChI is InChI=1S/C11H18N/c1-12(2,3)10-9-11-7-5-4-6-8-11/h5-9H,4,10H2,1-3H3/q+1. The third-order valence-corrected chi connectivity index (χ3v) is 1.77. The summed E-state index contributed by atoms with van der Waals surface area (Å²) in [5.41, 5.74) is 1.34. The van der Waals surface area contributed by atoms with Crippen molar-refractivity contribution in [3.8, 4) is 0 Å². The number of nitrogens with zero attached hydrogens (tertiary/aromatic N) is 1. The Morgan fingerprint density at radius 2 is 1.83 bits per heavy atom. The Kier molecular flexibility index (Phi) is 2.88. The minimum absolute atomic E-state index is 0.991. The summed E-state index contributed by atoms with van der Waals surface area (Å²) in [6.45, 7) is 1.09. The Morgan fingerprint density at radius 3 is 2.33 bits per heavy atom. The maximum atomic E-state index is 2.28. The van der Waals surface area contributed by atoms with Crippen molar-refractivity contribution in [2.75, 3.05) is 27.7 Å². The van der Waals surface area contributed by atoms with Gasteiger partial charge in [0.1, 0.15) is 0 Å². The maximum absolute atomic E-state index is 2.28. The Hall–Kier alpha value is -0.820. The fraction of sp³-hybridized carbons (Fsp3) is 0.455. The van der Waals surface area contributed by atoms with Gasteiger partial charge in [0, 0.05) is 0 Å². The van der Waals surface area contributed by atoms with Gasteiger partial charge in [0.15, 0.2) is 0 Å². The molecule has 0 aliphatic heterocycles. The first kappa shape index (κ1) is 9.27. The highest BCUT2D eigenvalue weighted by Gasteiger charge is 2.03. The SMILES string of the molecule is C[N+](C)(C)CC=C1C=CCC=C1. The number of hydrogen-bond acceptors (Lipinski definition) is 0. The van der Waals surface area contributed by atoms with Crippen LogP contribution in [0, 0.1) is 0 Å². The van der Waals surface area contributed by atoms with E-state index < -0.39 is 0 Å². The molecule has 0 aromatic rings. The average Bonchev–Trinajstić information content (AvgIpc) is 2.02. The monoisotopic (exact) mass is 164 g/mol. The topological polar surface area (TPSA) is 0 Å². The molecule has 0 heterocycles. The second-order valence-electron chi connectivity index (χ2n) is 4.22. The molecule has 66 valence electrons. The van der Waals surface area contributed by atoms with Crippen LogP contribution in [0.1, 0.15) is 6.42 Å². The number of allylic oxidation sites excluding steroid dienone is 5. The summed E-state index contributed by atoms with van der Waals surface area (Å²) in [6.07, 6.45) is 12.1. The Balaban J connectivity index is 2.52. The van der Waals surface area contributed by atoms with E-state index in [1.165, 1.54) is 5.57 Å². The van der Waals surface area contributed by atoms with Crippen molar-refractivity contribution in [1.29, 1.82) is 0 Å². The van der Waals surface area contributed by atoms with Gasteiger partial charge in [-0.25, -0.2) is 0 Å². The number of likely N-dealkylation sites (N-methyl/N-ethyl adjacent to an activating group) is 1. The highest BCUT2D eigenvalue weighted by Crippen LogP contribution is 2.08.